The van der Waals surface area contributed by atoms with E-state index < -0.39 is 36.7 Å². The molecule has 8 N–H and O–H groups in total. The molecule has 1 aromatic rings. The van der Waals surface area contributed by atoms with Crippen LogP contribution in [0.15, 0.2) is 12.1 Å². The molecule has 2 amide bonds. The molecule has 3 rings (SSSR count). The number of amides is 2. The molecule has 0 bridgehead atoms. The van der Waals surface area contributed by atoms with Crippen molar-refractivity contribution < 1.29 is 44.7 Å². The number of carboxylic acid groups (broad SMARTS) is 1. The van der Waals surface area contributed by atoms with Gasteiger partial charge in [-0.3, -0.25) is 10.5 Å². The van der Waals surface area contributed by atoms with E-state index >= 15 is 0 Å². The number of fused-ring (bicyclic) bond motifs is 1. The summed E-state index contributed by atoms with van der Waals surface area (Å²) >= 11 is 0. The standard InChI is InChI=1S/C16H21BN3O8/c18-10(5-12(19)21)15(22)20-6-9(7-20)27-11-2-1-8-3-4-17(25,26)28-14(8)13(11)16(23)24/h1-2,9-10,25-26H,3-7,18H2,(H2,19,21)(H,23,24)/q-1/p+1/t10-/m0/s1. The zero-order chi connectivity index (χ0) is 20.6. The number of nitrogens with two attached hydrogens (primary N) is 1. The number of aryl methyl sites for hydroxylation is 1. The second-order valence-electron chi connectivity index (χ2n) is 7.08. The Hall–Kier alpha value is -2.67. The van der Waals surface area contributed by atoms with Gasteiger partial charge in [-0.25, -0.2) is 9.59 Å². The highest BCUT2D eigenvalue weighted by Gasteiger charge is 2.37. The number of nitrogens with zero attached hydrogens (tertiary/aromatic N) is 1. The van der Waals surface area contributed by atoms with Crippen molar-refractivity contribution in [3.05, 3.63) is 23.3 Å². The molecule has 0 unspecified atom stereocenters. The van der Waals surface area contributed by atoms with Gasteiger partial charge in [0, 0.05) is 0 Å². The van der Waals surface area contributed by atoms with Crippen molar-refractivity contribution in [2.24, 2.45) is 5.73 Å². The molecule has 1 saturated heterocycles. The first-order valence-corrected chi connectivity index (χ1v) is 8.81. The van der Waals surface area contributed by atoms with Crippen LogP contribution in [0, 0.1) is 0 Å². The lowest BCUT2D eigenvalue weighted by Gasteiger charge is -2.41. The predicted octanol–water partition coefficient (Wildman–Crippen LogP) is -2.68. The molecule has 1 aromatic carbocycles. The third-order valence-electron chi connectivity index (χ3n) is 4.73. The molecular weight excluding hydrogens is 373 g/mol. The van der Waals surface area contributed by atoms with E-state index in [0.29, 0.717) is 5.56 Å². The maximum absolute atomic E-state index is 12.1. The number of rotatable bonds is 6. The molecule has 12 heteroatoms. The Morgan fingerprint density at radius 1 is 1.36 bits per heavy atom. The number of carbonyl (C=O) groups is 3. The minimum Gasteiger partial charge on any atom is -0.669 e. The third kappa shape index (κ3) is 4.09. The van der Waals surface area contributed by atoms with Crippen LogP contribution in [0.4, 0.5) is 0 Å². The van der Waals surface area contributed by atoms with E-state index in [1.807, 2.05) is 0 Å². The Balaban J connectivity index is 1.70. The summed E-state index contributed by atoms with van der Waals surface area (Å²) in [5.41, 5.74) is 9.10. The minimum atomic E-state index is -3.12. The van der Waals surface area contributed by atoms with Gasteiger partial charge in [0.05, 0.1) is 31.3 Å². The fraction of sp³-hybridized carbons (Fsp3) is 0.438. The second kappa shape index (κ2) is 7.39. The van der Waals surface area contributed by atoms with Crippen molar-refractivity contribution in [2.75, 3.05) is 13.1 Å². The maximum Gasteiger partial charge on any atom is 0.430 e. The maximum atomic E-state index is 12.1. The van der Waals surface area contributed by atoms with Crippen LogP contribution >= 0.6 is 0 Å². The third-order valence-corrected chi connectivity index (χ3v) is 4.73. The molecule has 0 saturated carbocycles. The van der Waals surface area contributed by atoms with Gasteiger partial charge in [0.25, 0.3) is 0 Å². The summed E-state index contributed by atoms with van der Waals surface area (Å²) in [6.07, 6.45) is -0.387. The van der Waals surface area contributed by atoms with Gasteiger partial charge in [0.1, 0.15) is 17.4 Å². The number of hydrogen-bond acceptors (Lipinski definition) is 8. The second-order valence-corrected chi connectivity index (χ2v) is 7.08. The van der Waals surface area contributed by atoms with E-state index in [1.54, 1.807) is 6.07 Å². The lowest BCUT2D eigenvalue weighted by atomic mass is 9.70. The van der Waals surface area contributed by atoms with Gasteiger partial charge >= 0.3 is 18.6 Å². The van der Waals surface area contributed by atoms with Gasteiger partial charge in [-0.2, -0.15) is 0 Å². The zero-order valence-corrected chi connectivity index (χ0v) is 15.0. The highest BCUT2D eigenvalue weighted by Crippen LogP contribution is 2.38. The summed E-state index contributed by atoms with van der Waals surface area (Å²) < 4.78 is 10.8. The zero-order valence-electron chi connectivity index (χ0n) is 15.0. The predicted molar refractivity (Wildman–Crippen MR) is 94.2 cm³/mol. The van der Waals surface area contributed by atoms with Crippen molar-refractivity contribution in [3.8, 4) is 11.5 Å². The molecule has 152 valence electrons. The minimum absolute atomic E-state index is 0.00841. The molecule has 0 aliphatic carbocycles. The first-order valence-electron chi connectivity index (χ1n) is 8.81. The van der Waals surface area contributed by atoms with Crippen LogP contribution in [0.3, 0.4) is 0 Å². The molecule has 28 heavy (non-hydrogen) atoms. The Morgan fingerprint density at radius 2 is 2.04 bits per heavy atom. The Bertz CT molecular complexity index is 824. The fourth-order valence-corrected chi connectivity index (χ4v) is 3.27. The summed E-state index contributed by atoms with van der Waals surface area (Å²) in [6.45, 7) is -2.76. The molecule has 0 spiro atoms. The monoisotopic (exact) mass is 395 g/mol. The average Bonchev–Trinajstić information content (AvgIpc) is 2.54. The molecule has 0 aromatic heterocycles. The van der Waals surface area contributed by atoms with Crippen molar-refractivity contribution in [1.82, 2.24) is 4.90 Å². The Kier molecular flexibility index (Phi) is 5.30. The smallest absolute Gasteiger partial charge is 0.430 e. The van der Waals surface area contributed by atoms with Crippen LogP contribution in [0.2, 0.25) is 6.32 Å². The van der Waals surface area contributed by atoms with Crippen LogP contribution in [0.5, 0.6) is 11.5 Å². The molecule has 2 aliphatic heterocycles. The van der Waals surface area contributed by atoms with Gasteiger partial charge in [-0.1, -0.05) is 12.4 Å². The van der Waals surface area contributed by atoms with Gasteiger partial charge in [-0.05, 0) is 18.1 Å². The molecule has 2 heterocycles. The van der Waals surface area contributed by atoms with E-state index in [9.17, 15) is 29.5 Å². The lowest BCUT2D eigenvalue weighted by molar-refractivity contribution is -0.306. The van der Waals surface area contributed by atoms with E-state index in [0.717, 1.165) is 0 Å². The normalized spacial score (nSPS) is 19.1. The fourth-order valence-electron chi connectivity index (χ4n) is 3.27. The van der Waals surface area contributed by atoms with Crippen LogP contribution in [-0.4, -0.2) is 69.8 Å². The summed E-state index contributed by atoms with van der Waals surface area (Å²) in [6, 6.07) is 2.12. The quantitative estimate of drug-likeness (QED) is 0.320. The van der Waals surface area contributed by atoms with E-state index in [1.165, 1.54) is 11.0 Å². The van der Waals surface area contributed by atoms with E-state index in [-0.39, 0.29) is 49.3 Å². The molecule has 0 radical (unpaired) electrons. The lowest BCUT2D eigenvalue weighted by Crippen LogP contribution is -2.63. The molecule has 11 nitrogen and oxygen atoms in total. The SMILES string of the molecule is N[C@@H](CC([NH3+])=O)C(=O)N1CC(Oc2ccc3c(c2C(=O)O)O[B-](O)(O)CC3)C1. The van der Waals surface area contributed by atoms with Crippen molar-refractivity contribution in [3.63, 3.8) is 0 Å². The van der Waals surface area contributed by atoms with Crippen LogP contribution in [0.25, 0.3) is 0 Å². The Labute approximate surface area is 159 Å². The highest BCUT2D eigenvalue weighted by molar-refractivity contribution is 6.59. The number of benzene rings is 1. The number of quaternary nitrogens is 1. The molecule has 1 fully saturated rings. The van der Waals surface area contributed by atoms with Crippen molar-refractivity contribution >= 4 is 24.5 Å². The average molecular weight is 395 g/mol. The van der Waals surface area contributed by atoms with E-state index in [4.69, 9.17) is 15.1 Å². The number of aromatic carboxylic acids is 1. The van der Waals surface area contributed by atoms with E-state index in [2.05, 4.69) is 5.73 Å². The summed E-state index contributed by atoms with van der Waals surface area (Å²) in [5.74, 6) is -2.28. The number of likely N-dealkylation sites (tertiary alicyclic amines) is 1. The summed E-state index contributed by atoms with van der Waals surface area (Å²) in [5, 5.41) is 29.0. The van der Waals surface area contributed by atoms with Gasteiger partial charge in [-0.15, -0.1) is 0 Å². The number of carbonyl (C=O) groups excluding carboxylic acids is 2. The molecule has 1 atom stereocenters. The summed E-state index contributed by atoms with van der Waals surface area (Å²) in [4.78, 5) is 36.2. The first-order chi connectivity index (χ1) is 13.1. The number of ether oxygens (including phenoxy) is 1. The Morgan fingerprint density at radius 3 is 2.64 bits per heavy atom. The summed E-state index contributed by atoms with van der Waals surface area (Å²) in [7, 11) is 0. The molecule has 2 aliphatic rings. The first kappa shape index (κ1) is 20.1. The topological polar surface area (TPSA) is 187 Å². The molecular formula is C16H22BN3O8. The van der Waals surface area contributed by atoms with Crippen molar-refractivity contribution in [2.45, 2.75) is 31.3 Å². The highest BCUT2D eigenvalue weighted by atomic mass is 16.6. The van der Waals surface area contributed by atoms with Crippen molar-refractivity contribution in [1.29, 1.82) is 0 Å². The van der Waals surface area contributed by atoms with Crippen LogP contribution in [-0.2, 0) is 16.0 Å². The van der Waals surface area contributed by atoms with Crippen LogP contribution in [0.1, 0.15) is 22.3 Å². The van der Waals surface area contributed by atoms with Gasteiger partial charge < -0.3 is 35.2 Å². The van der Waals surface area contributed by atoms with Gasteiger partial charge in [0.15, 0.2) is 0 Å². The van der Waals surface area contributed by atoms with Gasteiger partial charge in [0.2, 0.25) is 5.91 Å². The van der Waals surface area contributed by atoms with Crippen LogP contribution < -0.4 is 20.9 Å². The number of carboxylic acids is 1. The largest absolute Gasteiger partial charge is 0.669 e. The number of hydrogen-bond donors (Lipinski definition) is 5.